The molecule has 0 aliphatic rings. The molecule has 0 aromatic carbocycles. The van der Waals surface area contributed by atoms with Crippen LogP contribution in [0, 0.1) is 0 Å². The fourth-order valence-electron chi connectivity index (χ4n) is 1.37. The number of sulfonamides is 1. The number of carbonyl (C=O) groups excluding carboxylic acids is 1. The molecule has 0 atom stereocenters. The number of aliphatic carboxylic acids is 1. The van der Waals surface area contributed by atoms with Gasteiger partial charge in [-0.15, -0.1) is 11.3 Å². The van der Waals surface area contributed by atoms with Crippen molar-refractivity contribution in [2.24, 2.45) is 0 Å². The number of hydrogen-bond acceptors (Lipinski definition) is 5. The maximum Gasteiger partial charge on any atom is 0.303 e. The van der Waals surface area contributed by atoms with Crippen molar-refractivity contribution < 1.29 is 23.1 Å². The van der Waals surface area contributed by atoms with Gasteiger partial charge in [0.05, 0.1) is 6.54 Å². The van der Waals surface area contributed by atoms with E-state index in [1.807, 2.05) is 0 Å². The first-order valence-electron chi connectivity index (χ1n) is 5.82. The molecule has 0 saturated carbocycles. The second kappa shape index (κ2) is 7.36. The number of rotatable bonds is 8. The van der Waals surface area contributed by atoms with Crippen LogP contribution in [-0.2, 0) is 19.6 Å². The van der Waals surface area contributed by atoms with Crippen LogP contribution in [0.5, 0.6) is 0 Å². The first-order chi connectivity index (χ1) is 9.33. The molecule has 0 saturated heterocycles. The molecule has 2 N–H and O–H groups in total. The van der Waals surface area contributed by atoms with Gasteiger partial charge in [0, 0.05) is 20.0 Å². The Balaban J connectivity index is 2.41. The van der Waals surface area contributed by atoms with Gasteiger partial charge in [-0.2, -0.15) is 0 Å². The molecule has 0 aliphatic heterocycles. The summed E-state index contributed by atoms with van der Waals surface area (Å²) in [4.78, 5) is 23.3. The molecule has 0 spiro atoms. The quantitative estimate of drug-likeness (QED) is 0.719. The maximum absolute atomic E-state index is 11.8. The molecule has 0 unspecified atom stereocenters. The fourth-order valence-corrected chi connectivity index (χ4v) is 3.38. The van der Waals surface area contributed by atoms with E-state index in [2.05, 4.69) is 4.72 Å². The number of carbonyl (C=O) groups is 2. The Morgan fingerprint density at radius 1 is 1.45 bits per heavy atom. The van der Waals surface area contributed by atoms with E-state index in [1.54, 1.807) is 11.4 Å². The third-order valence-electron chi connectivity index (χ3n) is 2.48. The average molecular weight is 320 g/mol. The number of hydrogen-bond donors (Lipinski definition) is 2. The summed E-state index contributed by atoms with van der Waals surface area (Å²) in [5, 5.41) is 10.1. The summed E-state index contributed by atoms with van der Waals surface area (Å²) in [5.41, 5.74) is 0. The molecule has 112 valence electrons. The van der Waals surface area contributed by atoms with E-state index in [4.69, 9.17) is 5.11 Å². The number of thiophene rings is 1. The molecule has 7 nitrogen and oxygen atoms in total. The lowest BCUT2D eigenvalue weighted by Gasteiger charge is -2.16. The van der Waals surface area contributed by atoms with Crippen LogP contribution in [0.25, 0.3) is 0 Å². The second-order valence-corrected chi connectivity index (χ2v) is 7.01. The van der Waals surface area contributed by atoms with Crippen LogP contribution >= 0.6 is 11.3 Å². The topological polar surface area (TPSA) is 104 Å². The number of likely N-dealkylation sites (N-methyl/N-ethyl adjacent to an activating group) is 1. The van der Waals surface area contributed by atoms with Gasteiger partial charge in [0.15, 0.2) is 0 Å². The minimum Gasteiger partial charge on any atom is -0.481 e. The number of carboxylic acids is 1. The zero-order valence-corrected chi connectivity index (χ0v) is 12.5. The first kappa shape index (κ1) is 16.6. The highest BCUT2D eigenvalue weighted by molar-refractivity contribution is 7.91. The monoisotopic (exact) mass is 320 g/mol. The maximum atomic E-state index is 11.8. The Labute approximate surface area is 121 Å². The van der Waals surface area contributed by atoms with Gasteiger partial charge in [-0.3, -0.25) is 9.59 Å². The van der Waals surface area contributed by atoms with Crippen LogP contribution in [0.4, 0.5) is 0 Å². The van der Waals surface area contributed by atoms with E-state index in [0.29, 0.717) is 6.42 Å². The molecule has 1 heterocycles. The van der Waals surface area contributed by atoms with E-state index in [1.165, 1.54) is 18.0 Å². The molecule has 9 heteroatoms. The van der Waals surface area contributed by atoms with Crippen LogP contribution in [0.1, 0.15) is 12.8 Å². The van der Waals surface area contributed by atoms with Gasteiger partial charge < -0.3 is 10.0 Å². The second-order valence-electron chi connectivity index (χ2n) is 4.07. The van der Waals surface area contributed by atoms with Crippen molar-refractivity contribution in [2.75, 3.05) is 20.1 Å². The minimum absolute atomic E-state index is 0.0292. The Morgan fingerprint density at radius 3 is 2.70 bits per heavy atom. The molecule has 0 fully saturated rings. The average Bonchev–Trinajstić information content (AvgIpc) is 2.90. The SMILES string of the molecule is CN(CCCC(=O)O)C(=O)CNS(=O)(=O)c1cccs1. The number of carboxylic acid groups (broad SMARTS) is 1. The van der Waals surface area contributed by atoms with Gasteiger partial charge >= 0.3 is 5.97 Å². The molecule has 1 rings (SSSR count). The molecule has 0 aliphatic carbocycles. The molecule has 0 bridgehead atoms. The zero-order chi connectivity index (χ0) is 15.2. The summed E-state index contributed by atoms with van der Waals surface area (Å²) < 4.78 is 25.9. The lowest BCUT2D eigenvalue weighted by atomic mass is 10.3. The van der Waals surface area contributed by atoms with E-state index in [-0.39, 0.29) is 23.7 Å². The highest BCUT2D eigenvalue weighted by Gasteiger charge is 2.17. The summed E-state index contributed by atoms with van der Waals surface area (Å²) in [6, 6.07) is 3.06. The van der Waals surface area contributed by atoms with Crippen molar-refractivity contribution in [3.63, 3.8) is 0 Å². The summed E-state index contributed by atoms with van der Waals surface area (Å²) in [6.45, 7) is -0.0737. The molecule has 1 amide bonds. The smallest absolute Gasteiger partial charge is 0.303 e. The zero-order valence-electron chi connectivity index (χ0n) is 10.9. The molecule has 20 heavy (non-hydrogen) atoms. The standard InChI is InChI=1S/C11H16N2O5S2/c1-13(6-2-4-10(15)16)9(14)8-12-20(17,18)11-5-3-7-19-11/h3,5,7,12H,2,4,6,8H2,1H3,(H,15,16). The number of amides is 1. The Bertz CT molecular complexity index is 553. The molecule has 1 aromatic rings. The van der Waals surface area contributed by atoms with Crippen LogP contribution in [-0.4, -0.2) is 50.4 Å². The Kier molecular flexibility index (Phi) is 6.11. The summed E-state index contributed by atoms with van der Waals surface area (Å²) >= 11 is 1.07. The lowest BCUT2D eigenvalue weighted by Crippen LogP contribution is -2.38. The largest absolute Gasteiger partial charge is 0.481 e. The molecular formula is C11H16N2O5S2. The first-order valence-corrected chi connectivity index (χ1v) is 8.18. The highest BCUT2D eigenvalue weighted by Crippen LogP contribution is 2.14. The van der Waals surface area contributed by atoms with Gasteiger partial charge in [-0.25, -0.2) is 13.1 Å². The van der Waals surface area contributed by atoms with Crippen molar-refractivity contribution in [1.82, 2.24) is 9.62 Å². The number of nitrogens with one attached hydrogen (secondary N) is 1. The van der Waals surface area contributed by atoms with Crippen LogP contribution in [0.2, 0.25) is 0 Å². The minimum atomic E-state index is -3.65. The van der Waals surface area contributed by atoms with Gasteiger partial charge in [0.1, 0.15) is 4.21 Å². The predicted octanol–water partition coefficient (Wildman–Crippen LogP) is 0.350. The van der Waals surface area contributed by atoms with E-state index < -0.39 is 21.9 Å². The molecule has 1 aromatic heterocycles. The van der Waals surface area contributed by atoms with E-state index in [0.717, 1.165) is 11.3 Å². The van der Waals surface area contributed by atoms with E-state index in [9.17, 15) is 18.0 Å². The number of nitrogens with zero attached hydrogens (tertiary/aromatic N) is 1. The normalized spacial score (nSPS) is 11.2. The van der Waals surface area contributed by atoms with Crippen LogP contribution < -0.4 is 4.72 Å². The van der Waals surface area contributed by atoms with Crippen molar-refractivity contribution in [3.05, 3.63) is 17.5 Å². The highest BCUT2D eigenvalue weighted by atomic mass is 32.2. The predicted molar refractivity (Wildman–Crippen MR) is 74.0 cm³/mol. The van der Waals surface area contributed by atoms with Gasteiger partial charge in [-0.05, 0) is 17.9 Å². The fraction of sp³-hybridized carbons (Fsp3) is 0.455. The Hall–Kier alpha value is -1.45. The van der Waals surface area contributed by atoms with Gasteiger partial charge in [0.25, 0.3) is 10.0 Å². The Morgan fingerprint density at radius 2 is 2.15 bits per heavy atom. The van der Waals surface area contributed by atoms with Gasteiger partial charge in [0.2, 0.25) is 5.91 Å². The molecule has 0 radical (unpaired) electrons. The lowest BCUT2D eigenvalue weighted by molar-refractivity contribution is -0.137. The van der Waals surface area contributed by atoms with Crippen molar-refractivity contribution in [2.45, 2.75) is 17.1 Å². The van der Waals surface area contributed by atoms with Crippen molar-refractivity contribution in [1.29, 1.82) is 0 Å². The summed E-state index contributed by atoms with van der Waals surface area (Å²) in [5.74, 6) is -1.33. The van der Waals surface area contributed by atoms with Crippen LogP contribution in [0.15, 0.2) is 21.7 Å². The van der Waals surface area contributed by atoms with Crippen molar-refractivity contribution >= 4 is 33.2 Å². The summed E-state index contributed by atoms with van der Waals surface area (Å²) in [7, 11) is -2.15. The molecular weight excluding hydrogens is 304 g/mol. The van der Waals surface area contributed by atoms with Crippen molar-refractivity contribution in [3.8, 4) is 0 Å². The van der Waals surface area contributed by atoms with Gasteiger partial charge in [-0.1, -0.05) is 6.07 Å². The van der Waals surface area contributed by atoms with E-state index >= 15 is 0 Å². The third kappa shape index (κ3) is 5.27. The van der Waals surface area contributed by atoms with Crippen LogP contribution in [0.3, 0.4) is 0 Å². The third-order valence-corrected chi connectivity index (χ3v) is 5.28. The summed E-state index contributed by atoms with van der Waals surface area (Å²) in [6.07, 6.45) is 0.299.